The van der Waals surface area contributed by atoms with Crippen molar-refractivity contribution >= 4 is 27.7 Å². The molecular weight excluding hydrogens is 488 g/mol. The van der Waals surface area contributed by atoms with Crippen molar-refractivity contribution in [3.8, 4) is 28.1 Å². The van der Waals surface area contributed by atoms with Crippen molar-refractivity contribution in [2.75, 3.05) is 20.2 Å². The number of aromatic nitrogens is 3. The van der Waals surface area contributed by atoms with Gasteiger partial charge in [-0.05, 0) is 79.3 Å². The van der Waals surface area contributed by atoms with Gasteiger partial charge in [0, 0.05) is 61.4 Å². The lowest BCUT2D eigenvalue weighted by Gasteiger charge is -2.15. The van der Waals surface area contributed by atoms with Gasteiger partial charge in [-0.15, -0.1) is 0 Å². The number of rotatable bonds is 6. The van der Waals surface area contributed by atoms with Crippen LogP contribution in [0.5, 0.6) is 5.75 Å². The molecule has 39 heavy (non-hydrogen) atoms. The van der Waals surface area contributed by atoms with Gasteiger partial charge in [-0.2, -0.15) is 0 Å². The van der Waals surface area contributed by atoms with Gasteiger partial charge in [0.1, 0.15) is 11.3 Å². The molecule has 1 amide bonds. The largest absolute Gasteiger partial charge is 0.494 e. The van der Waals surface area contributed by atoms with E-state index in [9.17, 15) is 9.59 Å². The standard InChI is InChI=1S/C32H32N4O3/c1-35-17-14-21(3-12-30(35)37)15-18-39-25-8-4-22(5-9-25)28-11-7-24-19-23(6-10-29(24)34-28)27-20-36(2)32(38)31-26(27)13-16-33-31/h4-11,13,16,19-21,33H,3,12,14-15,17-18H2,1-2H3. The van der Waals surface area contributed by atoms with Gasteiger partial charge in [0.2, 0.25) is 5.91 Å². The SMILES string of the molecule is CN1CCC(CCOc2ccc(-c3ccc4cc(-c5cn(C)c(=O)c6[nH]ccc56)ccc4n3)cc2)CCC1=O. The van der Waals surface area contributed by atoms with Crippen LogP contribution in [0.1, 0.15) is 25.7 Å². The minimum Gasteiger partial charge on any atom is -0.494 e. The monoisotopic (exact) mass is 520 g/mol. The predicted octanol–water partition coefficient (Wildman–Crippen LogP) is 5.78. The molecule has 2 aromatic carbocycles. The molecule has 1 atom stereocenters. The minimum atomic E-state index is -0.0346. The van der Waals surface area contributed by atoms with E-state index in [1.54, 1.807) is 17.8 Å². The summed E-state index contributed by atoms with van der Waals surface area (Å²) in [5.41, 5.74) is 5.49. The molecule has 1 fully saturated rings. The molecule has 0 saturated carbocycles. The zero-order valence-electron chi connectivity index (χ0n) is 22.3. The zero-order chi connectivity index (χ0) is 26.9. The van der Waals surface area contributed by atoms with E-state index in [1.165, 1.54) is 0 Å². The van der Waals surface area contributed by atoms with Gasteiger partial charge in [-0.3, -0.25) is 9.59 Å². The van der Waals surface area contributed by atoms with Gasteiger partial charge >= 0.3 is 0 Å². The van der Waals surface area contributed by atoms with E-state index < -0.39 is 0 Å². The average molecular weight is 521 g/mol. The number of benzene rings is 2. The van der Waals surface area contributed by atoms with Gasteiger partial charge in [-0.25, -0.2) is 4.98 Å². The Morgan fingerprint density at radius 2 is 1.79 bits per heavy atom. The maximum Gasteiger partial charge on any atom is 0.274 e. The fourth-order valence-corrected chi connectivity index (χ4v) is 5.47. The Kier molecular flexibility index (Phi) is 6.65. The maximum atomic E-state index is 12.4. The van der Waals surface area contributed by atoms with Crippen LogP contribution in [0.25, 0.3) is 44.2 Å². The highest BCUT2D eigenvalue weighted by Gasteiger charge is 2.19. The smallest absolute Gasteiger partial charge is 0.274 e. The van der Waals surface area contributed by atoms with E-state index in [0.29, 0.717) is 24.5 Å². The van der Waals surface area contributed by atoms with E-state index in [2.05, 4.69) is 23.2 Å². The molecule has 1 aliphatic heterocycles. The Morgan fingerprint density at radius 3 is 2.64 bits per heavy atom. The number of aryl methyl sites for hydroxylation is 1. The molecule has 3 aromatic heterocycles. The van der Waals surface area contributed by atoms with Crippen molar-refractivity contribution in [1.82, 2.24) is 19.4 Å². The van der Waals surface area contributed by atoms with Crippen LogP contribution >= 0.6 is 0 Å². The number of hydrogen-bond acceptors (Lipinski definition) is 4. The molecule has 7 nitrogen and oxygen atoms in total. The number of nitrogens with one attached hydrogen (secondary N) is 1. The normalized spacial score (nSPS) is 16.1. The number of ether oxygens (including phenoxy) is 1. The summed E-state index contributed by atoms with van der Waals surface area (Å²) in [5.74, 6) is 1.63. The van der Waals surface area contributed by atoms with Crippen LogP contribution in [0, 0.1) is 5.92 Å². The molecule has 198 valence electrons. The topological polar surface area (TPSA) is 80.2 Å². The summed E-state index contributed by atoms with van der Waals surface area (Å²) in [5, 5.41) is 1.96. The average Bonchev–Trinajstić information content (AvgIpc) is 3.40. The Labute approximate surface area is 227 Å². The summed E-state index contributed by atoms with van der Waals surface area (Å²) >= 11 is 0. The van der Waals surface area contributed by atoms with E-state index in [4.69, 9.17) is 9.72 Å². The lowest BCUT2D eigenvalue weighted by atomic mass is 9.97. The van der Waals surface area contributed by atoms with Gasteiger partial charge < -0.3 is 19.2 Å². The number of amides is 1. The Hall–Kier alpha value is -4.39. The highest BCUT2D eigenvalue weighted by Crippen LogP contribution is 2.30. The first-order valence-electron chi connectivity index (χ1n) is 13.5. The first kappa shape index (κ1) is 24.9. The molecule has 0 spiro atoms. The van der Waals surface area contributed by atoms with E-state index in [1.807, 2.05) is 60.6 Å². The van der Waals surface area contributed by atoms with Gasteiger partial charge in [-0.1, -0.05) is 12.1 Å². The van der Waals surface area contributed by atoms with Gasteiger partial charge in [0.05, 0.1) is 17.8 Å². The number of carbonyl (C=O) groups is 1. The third-order valence-electron chi connectivity index (χ3n) is 7.90. The molecule has 5 aromatic rings. The first-order valence-corrected chi connectivity index (χ1v) is 13.5. The molecule has 1 unspecified atom stereocenters. The lowest BCUT2D eigenvalue weighted by Crippen LogP contribution is -2.25. The van der Waals surface area contributed by atoms with E-state index >= 15 is 0 Å². The number of likely N-dealkylation sites (tertiary alicyclic amines) is 1. The van der Waals surface area contributed by atoms with Crippen molar-refractivity contribution < 1.29 is 9.53 Å². The van der Waals surface area contributed by atoms with Crippen LogP contribution in [-0.4, -0.2) is 45.5 Å². The highest BCUT2D eigenvalue weighted by atomic mass is 16.5. The molecule has 0 bridgehead atoms. The van der Waals surface area contributed by atoms with Crippen LogP contribution in [0.3, 0.4) is 0 Å². The molecule has 6 rings (SSSR count). The summed E-state index contributed by atoms with van der Waals surface area (Å²) in [6.07, 6.45) is 7.29. The third-order valence-corrected chi connectivity index (χ3v) is 7.90. The number of hydrogen-bond donors (Lipinski definition) is 1. The van der Waals surface area contributed by atoms with Gasteiger partial charge in [0.25, 0.3) is 5.56 Å². The molecule has 1 saturated heterocycles. The maximum absolute atomic E-state index is 12.4. The fourth-order valence-electron chi connectivity index (χ4n) is 5.47. The highest BCUT2D eigenvalue weighted by molar-refractivity contribution is 5.97. The van der Waals surface area contributed by atoms with Gasteiger partial charge in [0.15, 0.2) is 0 Å². The number of nitrogens with zero attached hydrogens (tertiary/aromatic N) is 3. The summed E-state index contributed by atoms with van der Waals surface area (Å²) in [6, 6.07) is 20.4. The Balaban J connectivity index is 1.15. The third kappa shape index (κ3) is 5.04. The number of aromatic amines is 1. The second kappa shape index (κ2) is 10.4. The van der Waals surface area contributed by atoms with E-state index in [0.717, 1.165) is 70.2 Å². The fraction of sp³-hybridized carbons (Fsp3) is 0.281. The second-order valence-electron chi connectivity index (χ2n) is 10.5. The van der Waals surface area contributed by atoms with E-state index in [-0.39, 0.29) is 11.5 Å². The second-order valence-corrected chi connectivity index (χ2v) is 10.5. The van der Waals surface area contributed by atoms with Crippen molar-refractivity contribution in [2.24, 2.45) is 13.0 Å². The van der Waals surface area contributed by atoms with Crippen molar-refractivity contribution in [3.05, 3.63) is 83.4 Å². The summed E-state index contributed by atoms with van der Waals surface area (Å²) in [7, 11) is 3.66. The molecule has 1 N–H and O–H groups in total. The number of carbonyl (C=O) groups excluding carboxylic acids is 1. The Bertz CT molecular complexity index is 1720. The molecule has 0 aliphatic carbocycles. The first-order chi connectivity index (χ1) is 19.0. The van der Waals surface area contributed by atoms with Crippen LogP contribution in [0.15, 0.2) is 77.9 Å². The number of pyridine rings is 2. The summed E-state index contributed by atoms with van der Waals surface area (Å²) in [6.45, 7) is 1.49. The zero-order valence-corrected chi connectivity index (χ0v) is 22.3. The molecule has 1 aliphatic rings. The quantitative estimate of drug-likeness (QED) is 0.308. The van der Waals surface area contributed by atoms with Crippen LogP contribution < -0.4 is 10.3 Å². The summed E-state index contributed by atoms with van der Waals surface area (Å²) in [4.78, 5) is 34.1. The van der Waals surface area contributed by atoms with Crippen molar-refractivity contribution in [2.45, 2.75) is 25.7 Å². The molecule has 7 heteroatoms. The van der Waals surface area contributed by atoms with Crippen LogP contribution in [0.2, 0.25) is 0 Å². The molecular formula is C32H32N4O3. The predicted molar refractivity (Wildman–Crippen MR) is 155 cm³/mol. The summed E-state index contributed by atoms with van der Waals surface area (Å²) < 4.78 is 7.63. The molecule has 0 radical (unpaired) electrons. The number of H-pyrrole nitrogens is 1. The Morgan fingerprint density at radius 1 is 0.974 bits per heavy atom. The molecule has 4 heterocycles. The van der Waals surface area contributed by atoms with Crippen LogP contribution in [-0.2, 0) is 11.8 Å². The lowest BCUT2D eigenvalue weighted by molar-refractivity contribution is -0.129. The van der Waals surface area contributed by atoms with Crippen molar-refractivity contribution in [3.63, 3.8) is 0 Å². The van der Waals surface area contributed by atoms with Crippen molar-refractivity contribution in [1.29, 1.82) is 0 Å². The number of fused-ring (bicyclic) bond motifs is 2. The van der Waals surface area contributed by atoms with Crippen LogP contribution in [0.4, 0.5) is 0 Å². The minimum absolute atomic E-state index is 0.0346.